The minimum absolute atomic E-state index is 0.0397. The maximum atomic E-state index is 12.4. The zero-order valence-electron chi connectivity index (χ0n) is 16.1. The van der Waals surface area contributed by atoms with Crippen LogP contribution in [-0.2, 0) is 4.79 Å². The average molecular weight is 415 g/mol. The standard InChI is InChI=1S/C20H22N4O2S2/c1-11(2)21-20(26)24-17(25)12(3)27-18-15-10-16(14-8-6-5-7-9-14)28-19(15)23-13(4)22-18/h5-12H,1-4H3,(H2,21,24,25,26)/t12-/m0/s1. The largest absolute Gasteiger partial charge is 0.336 e. The number of thiophene rings is 1. The molecule has 0 aliphatic heterocycles. The first kappa shape index (κ1) is 20.3. The molecule has 1 aromatic carbocycles. The summed E-state index contributed by atoms with van der Waals surface area (Å²) >= 11 is 2.93. The van der Waals surface area contributed by atoms with Gasteiger partial charge >= 0.3 is 6.03 Å². The van der Waals surface area contributed by atoms with E-state index in [-0.39, 0.29) is 11.9 Å². The molecule has 0 spiro atoms. The van der Waals surface area contributed by atoms with E-state index >= 15 is 0 Å². The molecule has 3 rings (SSSR count). The number of rotatable bonds is 5. The molecule has 2 heterocycles. The van der Waals surface area contributed by atoms with Crippen LogP contribution < -0.4 is 10.6 Å². The van der Waals surface area contributed by atoms with Crippen molar-refractivity contribution in [2.45, 2.75) is 44.0 Å². The fourth-order valence-corrected chi connectivity index (χ4v) is 4.68. The second kappa shape index (κ2) is 8.70. The van der Waals surface area contributed by atoms with Crippen LogP contribution in [0.2, 0.25) is 0 Å². The molecule has 0 bridgehead atoms. The Morgan fingerprint density at radius 3 is 2.50 bits per heavy atom. The molecule has 0 saturated carbocycles. The van der Waals surface area contributed by atoms with Gasteiger partial charge in [0.1, 0.15) is 15.7 Å². The Morgan fingerprint density at radius 2 is 1.82 bits per heavy atom. The van der Waals surface area contributed by atoms with Crippen LogP contribution in [0.4, 0.5) is 4.79 Å². The first-order valence-corrected chi connectivity index (χ1v) is 10.6. The lowest BCUT2D eigenvalue weighted by molar-refractivity contribution is -0.119. The Kier molecular flexibility index (Phi) is 6.31. The fraction of sp³-hybridized carbons (Fsp3) is 0.300. The number of carbonyl (C=O) groups is 2. The van der Waals surface area contributed by atoms with Crippen LogP contribution in [-0.4, -0.2) is 33.2 Å². The number of benzene rings is 1. The van der Waals surface area contributed by atoms with Gasteiger partial charge in [0, 0.05) is 16.3 Å². The van der Waals surface area contributed by atoms with Crippen LogP contribution in [0, 0.1) is 6.92 Å². The van der Waals surface area contributed by atoms with Crippen molar-refractivity contribution >= 4 is 45.3 Å². The van der Waals surface area contributed by atoms with Gasteiger partial charge in [0.15, 0.2) is 0 Å². The zero-order chi connectivity index (χ0) is 20.3. The van der Waals surface area contributed by atoms with Crippen molar-refractivity contribution in [3.63, 3.8) is 0 Å². The lowest BCUT2D eigenvalue weighted by atomic mass is 10.2. The van der Waals surface area contributed by atoms with Crippen molar-refractivity contribution in [1.82, 2.24) is 20.6 Å². The Bertz CT molecular complexity index is 1000. The van der Waals surface area contributed by atoms with Crippen LogP contribution in [0.5, 0.6) is 0 Å². The second-order valence-corrected chi connectivity index (χ2v) is 9.01. The number of amides is 3. The summed E-state index contributed by atoms with van der Waals surface area (Å²) in [4.78, 5) is 35.2. The third-order valence-electron chi connectivity index (χ3n) is 3.84. The number of carbonyl (C=O) groups excluding carboxylic acids is 2. The quantitative estimate of drug-likeness (QED) is 0.478. The topological polar surface area (TPSA) is 84.0 Å². The molecule has 0 aliphatic rings. The molecule has 0 radical (unpaired) electrons. The van der Waals surface area contributed by atoms with Crippen LogP contribution in [0.25, 0.3) is 20.7 Å². The number of hydrogen-bond acceptors (Lipinski definition) is 6. The van der Waals surface area contributed by atoms with Gasteiger partial charge in [-0.15, -0.1) is 11.3 Å². The maximum Gasteiger partial charge on any atom is 0.321 e. The number of nitrogens with one attached hydrogen (secondary N) is 2. The van der Waals surface area contributed by atoms with E-state index in [0.29, 0.717) is 5.82 Å². The second-order valence-electron chi connectivity index (χ2n) is 6.65. The van der Waals surface area contributed by atoms with Gasteiger partial charge in [0.25, 0.3) is 0 Å². The van der Waals surface area contributed by atoms with Crippen molar-refractivity contribution in [3.8, 4) is 10.4 Å². The summed E-state index contributed by atoms with van der Waals surface area (Å²) in [6.45, 7) is 7.27. The fourth-order valence-electron chi connectivity index (χ4n) is 2.56. The molecule has 2 aromatic heterocycles. The minimum atomic E-state index is -0.488. The summed E-state index contributed by atoms with van der Waals surface area (Å²) in [6.07, 6.45) is 0. The van der Waals surface area contributed by atoms with Gasteiger partial charge in [0.2, 0.25) is 5.91 Å². The van der Waals surface area contributed by atoms with E-state index in [1.807, 2.05) is 39.0 Å². The Hall–Kier alpha value is -2.45. The molecule has 28 heavy (non-hydrogen) atoms. The van der Waals surface area contributed by atoms with E-state index in [0.717, 1.165) is 25.7 Å². The molecule has 0 fully saturated rings. The molecular formula is C20H22N4O2S2. The van der Waals surface area contributed by atoms with Gasteiger partial charge in [-0.05, 0) is 39.3 Å². The highest BCUT2D eigenvalue weighted by molar-refractivity contribution is 8.00. The van der Waals surface area contributed by atoms with Crippen molar-refractivity contribution in [2.75, 3.05) is 0 Å². The van der Waals surface area contributed by atoms with Gasteiger partial charge in [0.05, 0.1) is 5.25 Å². The van der Waals surface area contributed by atoms with E-state index in [9.17, 15) is 9.59 Å². The monoisotopic (exact) mass is 414 g/mol. The molecule has 1 atom stereocenters. The lowest BCUT2D eigenvalue weighted by Crippen LogP contribution is -2.45. The molecule has 0 unspecified atom stereocenters. The molecule has 3 aromatic rings. The van der Waals surface area contributed by atoms with Crippen molar-refractivity contribution in [1.29, 1.82) is 0 Å². The van der Waals surface area contributed by atoms with E-state index in [2.05, 4.69) is 38.8 Å². The molecule has 8 heteroatoms. The van der Waals surface area contributed by atoms with Gasteiger partial charge in [-0.1, -0.05) is 42.1 Å². The number of fused-ring (bicyclic) bond motifs is 1. The SMILES string of the molecule is Cc1nc(S[C@@H](C)C(=O)NC(=O)NC(C)C)c2cc(-c3ccccc3)sc2n1. The third-order valence-corrected chi connectivity index (χ3v) is 6.02. The highest BCUT2D eigenvalue weighted by Crippen LogP contribution is 2.37. The van der Waals surface area contributed by atoms with Crippen molar-refractivity contribution < 1.29 is 9.59 Å². The summed E-state index contributed by atoms with van der Waals surface area (Å²) in [5.41, 5.74) is 1.12. The Morgan fingerprint density at radius 1 is 1.11 bits per heavy atom. The number of aromatic nitrogens is 2. The number of imide groups is 1. The van der Waals surface area contributed by atoms with E-state index < -0.39 is 11.3 Å². The van der Waals surface area contributed by atoms with Crippen LogP contribution in [0.15, 0.2) is 41.4 Å². The van der Waals surface area contributed by atoms with Gasteiger partial charge < -0.3 is 5.32 Å². The number of urea groups is 1. The Labute approximate surface area is 172 Å². The van der Waals surface area contributed by atoms with Gasteiger partial charge in [-0.2, -0.15) is 0 Å². The molecule has 3 amide bonds. The predicted octanol–water partition coefficient (Wildman–Crippen LogP) is 4.38. The molecule has 146 valence electrons. The van der Waals surface area contributed by atoms with Gasteiger partial charge in [-0.25, -0.2) is 14.8 Å². The summed E-state index contributed by atoms with van der Waals surface area (Å²) in [7, 11) is 0. The highest BCUT2D eigenvalue weighted by Gasteiger charge is 2.21. The van der Waals surface area contributed by atoms with Crippen molar-refractivity contribution in [3.05, 3.63) is 42.2 Å². The molecule has 6 nitrogen and oxygen atoms in total. The summed E-state index contributed by atoms with van der Waals surface area (Å²) in [5.74, 6) is 0.299. The highest BCUT2D eigenvalue weighted by atomic mass is 32.2. The predicted molar refractivity (Wildman–Crippen MR) is 115 cm³/mol. The smallest absolute Gasteiger partial charge is 0.321 e. The molecular weight excluding hydrogens is 392 g/mol. The summed E-state index contributed by atoms with van der Waals surface area (Å²) in [6, 6.07) is 11.6. The third kappa shape index (κ3) is 4.88. The van der Waals surface area contributed by atoms with E-state index in [1.54, 1.807) is 18.3 Å². The van der Waals surface area contributed by atoms with Crippen molar-refractivity contribution in [2.24, 2.45) is 0 Å². The number of thioether (sulfide) groups is 1. The van der Waals surface area contributed by atoms with Gasteiger partial charge in [-0.3, -0.25) is 10.1 Å². The molecule has 0 aliphatic carbocycles. The normalized spacial score (nSPS) is 12.2. The molecule has 2 N–H and O–H groups in total. The molecule has 0 saturated heterocycles. The zero-order valence-corrected chi connectivity index (χ0v) is 17.8. The maximum absolute atomic E-state index is 12.4. The van der Waals surface area contributed by atoms with Crippen LogP contribution in [0.3, 0.4) is 0 Å². The number of hydrogen-bond donors (Lipinski definition) is 2. The summed E-state index contributed by atoms with van der Waals surface area (Å²) < 4.78 is 0. The number of aryl methyl sites for hydroxylation is 1. The average Bonchev–Trinajstić information content (AvgIpc) is 3.05. The first-order chi connectivity index (χ1) is 13.3. The first-order valence-electron chi connectivity index (χ1n) is 8.95. The summed E-state index contributed by atoms with van der Waals surface area (Å²) in [5, 5.41) is 6.21. The lowest BCUT2D eigenvalue weighted by Gasteiger charge is -2.13. The number of nitrogens with zero attached hydrogens (tertiary/aromatic N) is 2. The van der Waals surface area contributed by atoms with Crippen LogP contribution in [0.1, 0.15) is 26.6 Å². The van der Waals surface area contributed by atoms with E-state index in [1.165, 1.54) is 11.8 Å². The van der Waals surface area contributed by atoms with Crippen LogP contribution >= 0.6 is 23.1 Å². The minimum Gasteiger partial charge on any atom is -0.336 e. The van der Waals surface area contributed by atoms with E-state index in [4.69, 9.17) is 0 Å². The Balaban J connectivity index is 1.83.